The van der Waals surface area contributed by atoms with E-state index in [-0.39, 0.29) is 5.41 Å². The number of hydrogen-bond donors (Lipinski definition) is 0. The molecule has 8 aromatic carbocycles. The van der Waals surface area contributed by atoms with E-state index in [1.54, 1.807) is 0 Å². The van der Waals surface area contributed by atoms with Crippen molar-refractivity contribution in [3.63, 3.8) is 0 Å². The molecule has 0 spiro atoms. The zero-order chi connectivity index (χ0) is 36.0. The van der Waals surface area contributed by atoms with Crippen LogP contribution in [0.4, 0.5) is 17.1 Å². The molecule has 0 aliphatic heterocycles. The molecule has 3 nitrogen and oxygen atoms in total. The molecular formula is C51H37N3. The lowest BCUT2D eigenvalue weighted by Crippen LogP contribution is -2.15. The lowest BCUT2D eigenvalue weighted by Gasteiger charge is -2.26. The van der Waals surface area contributed by atoms with Crippen molar-refractivity contribution in [3.8, 4) is 22.5 Å². The highest BCUT2D eigenvalue weighted by atomic mass is 15.1. The predicted octanol–water partition coefficient (Wildman–Crippen LogP) is 13.7. The van der Waals surface area contributed by atoms with Gasteiger partial charge in [0, 0.05) is 55.4 Å². The lowest BCUT2D eigenvalue weighted by molar-refractivity contribution is 0.666. The molecule has 0 saturated heterocycles. The summed E-state index contributed by atoms with van der Waals surface area (Å²) < 4.78 is 4.82. The van der Waals surface area contributed by atoms with E-state index >= 15 is 0 Å². The number of benzene rings is 8. The number of para-hydroxylation sites is 4. The molecule has 0 atom stereocenters. The second-order valence-electron chi connectivity index (χ2n) is 15.0. The first-order chi connectivity index (χ1) is 26.6. The standard InChI is InChI=1S/C51H37N3/c1-51(2)44-20-10-6-16-39(44)42-32-33-48-49(50(42)51)43-19-9-13-23-47(43)54(48)38-30-26-36(27-31-38)52(34-14-4-3-5-15-34)35-24-28-37(29-25-35)53-45-21-11-7-17-40(45)41-18-8-12-22-46(41)53/h3-33H,1-2H3. The van der Waals surface area contributed by atoms with Crippen LogP contribution in [0.25, 0.3) is 66.1 Å². The summed E-state index contributed by atoms with van der Waals surface area (Å²) in [5.41, 5.74) is 15.9. The Balaban J connectivity index is 1.03. The highest BCUT2D eigenvalue weighted by molar-refractivity contribution is 6.14. The smallest absolute Gasteiger partial charge is 0.0544 e. The predicted molar refractivity (Wildman–Crippen MR) is 227 cm³/mol. The van der Waals surface area contributed by atoms with Crippen LogP contribution in [0.1, 0.15) is 25.0 Å². The van der Waals surface area contributed by atoms with Crippen molar-refractivity contribution < 1.29 is 0 Å². The summed E-state index contributed by atoms with van der Waals surface area (Å²) >= 11 is 0. The number of anilines is 3. The Hall–Kier alpha value is -6.84. The van der Waals surface area contributed by atoms with E-state index in [1.165, 1.54) is 65.9 Å². The van der Waals surface area contributed by atoms with Crippen molar-refractivity contribution in [2.45, 2.75) is 19.3 Å². The van der Waals surface area contributed by atoms with Gasteiger partial charge in [-0.1, -0.05) is 117 Å². The van der Waals surface area contributed by atoms with Gasteiger partial charge in [0.25, 0.3) is 0 Å². The molecule has 1 aliphatic rings. The zero-order valence-electron chi connectivity index (χ0n) is 30.2. The fraction of sp³-hybridized carbons (Fsp3) is 0.0588. The Kier molecular flexibility index (Phi) is 6.60. The average molecular weight is 692 g/mol. The van der Waals surface area contributed by atoms with Gasteiger partial charge < -0.3 is 14.0 Å². The van der Waals surface area contributed by atoms with Crippen molar-refractivity contribution in [1.29, 1.82) is 0 Å². The summed E-state index contributed by atoms with van der Waals surface area (Å²) in [6, 6.07) is 68.5. The van der Waals surface area contributed by atoms with Crippen molar-refractivity contribution in [1.82, 2.24) is 9.13 Å². The fourth-order valence-electron chi connectivity index (χ4n) is 9.34. The SMILES string of the molecule is CC1(C)c2ccccc2-c2ccc3c(c21)c1ccccc1n3-c1ccc(N(c2ccccc2)c2ccc(-n3c4ccccc4c4ccccc43)cc2)cc1. The molecule has 1 aliphatic carbocycles. The molecule has 11 rings (SSSR count). The molecule has 2 aromatic heterocycles. The fourth-order valence-corrected chi connectivity index (χ4v) is 9.34. The van der Waals surface area contributed by atoms with Crippen molar-refractivity contribution in [2.24, 2.45) is 0 Å². The molecule has 0 amide bonds. The van der Waals surface area contributed by atoms with E-state index in [9.17, 15) is 0 Å². The Bertz CT molecular complexity index is 3000. The highest BCUT2D eigenvalue weighted by Gasteiger charge is 2.38. The summed E-state index contributed by atoms with van der Waals surface area (Å²) in [6.07, 6.45) is 0. The van der Waals surface area contributed by atoms with Gasteiger partial charge in [0.05, 0.1) is 22.1 Å². The number of nitrogens with zero attached hydrogens (tertiary/aromatic N) is 3. The minimum Gasteiger partial charge on any atom is -0.311 e. The second-order valence-corrected chi connectivity index (χ2v) is 15.0. The first-order valence-electron chi connectivity index (χ1n) is 18.8. The van der Waals surface area contributed by atoms with E-state index in [0.717, 1.165) is 28.4 Å². The minimum absolute atomic E-state index is 0.0997. The van der Waals surface area contributed by atoms with Crippen molar-refractivity contribution in [2.75, 3.05) is 4.90 Å². The highest BCUT2D eigenvalue weighted by Crippen LogP contribution is 2.53. The van der Waals surface area contributed by atoms with Gasteiger partial charge in [-0.3, -0.25) is 0 Å². The van der Waals surface area contributed by atoms with Crippen LogP contribution in [0, 0.1) is 0 Å². The van der Waals surface area contributed by atoms with Gasteiger partial charge in [0.2, 0.25) is 0 Å². The van der Waals surface area contributed by atoms with Gasteiger partial charge in [-0.15, -0.1) is 0 Å². The number of hydrogen-bond acceptors (Lipinski definition) is 1. The second kappa shape index (κ2) is 11.6. The quantitative estimate of drug-likeness (QED) is 0.175. The number of fused-ring (bicyclic) bond motifs is 10. The molecule has 0 fully saturated rings. The van der Waals surface area contributed by atoms with E-state index in [0.29, 0.717) is 0 Å². The van der Waals surface area contributed by atoms with Crippen molar-refractivity contribution >= 4 is 60.7 Å². The maximum Gasteiger partial charge on any atom is 0.0544 e. The Labute approximate surface area is 314 Å². The van der Waals surface area contributed by atoms with Crippen molar-refractivity contribution in [3.05, 3.63) is 199 Å². The van der Waals surface area contributed by atoms with E-state index in [2.05, 4.69) is 216 Å². The van der Waals surface area contributed by atoms with E-state index in [4.69, 9.17) is 0 Å². The molecule has 256 valence electrons. The van der Waals surface area contributed by atoms with Crippen LogP contribution in [-0.2, 0) is 5.41 Å². The molecule has 2 heterocycles. The first-order valence-corrected chi connectivity index (χ1v) is 18.8. The molecular weight excluding hydrogens is 655 g/mol. The van der Waals surface area contributed by atoms with E-state index in [1.807, 2.05) is 0 Å². The number of aromatic nitrogens is 2. The molecule has 0 bridgehead atoms. The van der Waals surface area contributed by atoms with Crippen LogP contribution in [0.3, 0.4) is 0 Å². The van der Waals surface area contributed by atoms with Gasteiger partial charge >= 0.3 is 0 Å². The Morgan fingerprint density at radius 2 is 0.833 bits per heavy atom. The zero-order valence-corrected chi connectivity index (χ0v) is 30.2. The minimum atomic E-state index is -0.0997. The molecule has 0 N–H and O–H groups in total. The molecule has 3 heteroatoms. The molecule has 0 saturated carbocycles. The van der Waals surface area contributed by atoms with Crippen LogP contribution >= 0.6 is 0 Å². The van der Waals surface area contributed by atoms with Crippen LogP contribution in [0.2, 0.25) is 0 Å². The lowest BCUT2D eigenvalue weighted by atomic mass is 9.80. The van der Waals surface area contributed by atoms with Gasteiger partial charge in [0.1, 0.15) is 0 Å². The van der Waals surface area contributed by atoms with Crippen LogP contribution < -0.4 is 4.90 Å². The van der Waals surface area contributed by atoms with Gasteiger partial charge in [-0.2, -0.15) is 0 Å². The van der Waals surface area contributed by atoms with Gasteiger partial charge in [0.15, 0.2) is 0 Å². The summed E-state index contributed by atoms with van der Waals surface area (Å²) in [4.78, 5) is 2.35. The normalized spacial score (nSPS) is 13.1. The third-order valence-corrected chi connectivity index (χ3v) is 11.7. The summed E-state index contributed by atoms with van der Waals surface area (Å²) in [5, 5.41) is 5.18. The van der Waals surface area contributed by atoms with Gasteiger partial charge in [-0.25, -0.2) is 0 Å². The first kappa shape index (κ1) is 30.8. The topological polar surface area (TPSA) is 13.1 Å². The third kappa shape index (κ3) is 4.36. The summed E-state index contributed by atoms with van der Waals surface area (Å²) in [7, 11) is 0. The summed E-state index contributed by atoms with van der Waals surface area (Å²) in [5.74, 6) is 0. The number of rotatable bonds is 5. The Morgan fingerprint density at radius 3 is 1.44 bits per heavy atom. The largest absolute Gasteiger partial charge is 0.311 e. The third-order valence-electron chi connectivity index (χ3n) is 11.7. The van der Waals surface area contributed by atoms with Crippen LogP contribution in [0.5, 0.6) is 0 Å². The molecule has 10 aromatic rings. The van der Waals surface area contributed by atoms with Crippen LogP contribution in [0.15, 0.2) is 188 Å². The van der Waals surface area contributed by atoms with E-state index < -0.39 is 0 Å². The summed E-state index contributed by atoms with van der Waals surface area (Å²) in [6.45, 7) is 4.76. The van der Waals surface area contributed by atoms with Gasteiger partial charge in [-0.05, 0) is 107 Å². The van der Waals surface area contributed by atoms with Crippen LogP contribution in [-0.4, -0.2) is 9.13 Å². The maximum atomic E-state index is 2.45. The Morgan fingerprint density at radius 1 is 0.370 bits per heavy atom. The monoisotopic (exact) mass is 691 g/mol. The molecule has 0 radical (unpaired) electrons. The maximum absolute atomic E-state index is 2.45. The average Bonchev–Trinajstić information content (AvgIpc) is 3.82. The molecule has 0 unspecified atom stereocenters. The molecule has 54 heavy (non-hydrogen) atoms.